The molecule has 2 aromatic carbocycles. The maximum Gasteiger partial charge on any atom is 0.416 e. The van der Waals surface area contributed by atoms with Gasteiger partial charge in [-0.25, -0.2) is 13.6 Å². The summed E-state index contributed by atoms with van der Waals surface area (Å²) in [6, 6.07) is 11.6. The molecule has 3 aliphatic rings. The average Bonchev–Trinajstić information content (AvgIpc) is 3.08. The van der Waals surface area contributed by atoms with Crippen molar-refractivity contribution in [2.75, 3.05) is 26.2 Å². The standard InChI is InChI=1S/C27H33F3N2O3S/c28-27(29,30)22-5-1-4-19(14-22)15-24-21(18-32-11-3-12-32)16-20-6-7-23(17-25(20)24)35-13-10-26(8-2-9-26)36(31,33)34/h1,4-7,14,17,21,24H,2-3,8-13,15-16,18H2,(H2,31,33,34). The fourth-order valence-electron chi connectivity index (χ4n) is 5.97. The molecule has 9 heteroatoms. The lowest BCUT2D eigenvalue weighted by molar-refractivity contribution is -0.137. The average molecular weight is 523 g/mol. The van der Waals surface area contributed by atoms with Gasteiger partial charge in [0.1, 0.15) is 5.75 Å². The van der Waals surface area contributed by atoms with E-state index in [2.05, 4.69) is 11.0 Å². The molecule has 1 saturated heterocycles. The van der Waals surface area contributed by atoms with Gasteiger partial charge in [0.15, 0.2) is 0 Å². The molecule has 2 unspecified atom stereocenters. The van der Waals surface area contributed by atoms with Gasteiger partial charge in [0, 0.05) is 13.0 Å². The number of sulfonamides is 1. The van der Waals surface area contributed by atoms with E-state index < -0.39 is 26.5 Å². The van der Waals surface area contributed by atoms with E-state index in [4.69, 9.17) is 9.88 Å². The Morgan fingerprint density at radius 2 is 1.86 bits per heavy atom. The van der Waals surface area contributed by atoms with Crippen molar-refractivity contribution >= 4 is 10.0 Å². The van der Waals surface area contributed by atoms with Crippen molar-refractivity contribution in [2.24, 2.45) is 11.1 Å². The van der Waals surface area contributed by atoms with E-state index in [1.807, 2.05) is 12.1 Å². The second kappa shape index (κ2) is 9.65. The van der Waals surface area contributed by atoms with Crippen LogP contribution in [-0.4, -0.2) is 44.3 Å². The zero-order valence-corrected chi connectivity index (χ0v) is 21.1. The van der Waals surface area contributed by atoms with E-state index in [0.717, 1.165) is 44.1 Å². The number of fused-ring (bicyclic) bond motifs is 1. The summed E-state index contributed by atoms with van der Waals surface area (Å²) in [7, 11) is -3.63. The van der Waals surface area contributed by atoms with E-state index in [0.29, 0.717) is 42.9 Å². The molecule has 2 fully saturated rings. The summed E-state index contributed by atoms with van der Waals surface area (Å²) in [4.78, 5) is 2.42. The van der Waals surface area contributed by atoms with Gasteiger partial charge >= 0.3 is 6.18 Å². The second-order valence-electron chi connectivity index (χ2n) is 10.7. The van der Waals surface area contributed by atoms with Crippen LogP contribution in [0.1, 0.15) is 60.3 Å². The topological polar surface area (TPSA) is 72.6 Å². The minimum absolute atomic E-state index is 0.0926. The number of nitrogens with two attached hydrogens (primary N) is 1. The van der Waals surface area contributed by atoms with Gasteiger partial charge in [-0.1, -0.05) is 30.7 Å². The van der Waals surface area contributed by atoms with E-state index in [1.54, 1.807) is 6.07 Å². The number of hydrogen-bond donors (Lipinski definition) is 1. The fraction of sp³-hybridized carbons (Fsp3) is 0.556. The summed E-state index contributed by atoms with van der Waals surface area (Å²) >= 11 is 0. The number of rotatable bonds is 9. The highest BCUT2D eigenvalue weighted by Gasteiger charge is 2.46. The van der Waals surface area contributed by atoms with Gasteiger partial charge in [-0.05, 0) is 91.9 Å². The van der Waals surface area contributed by atoms with E-state index in [1.165, 1.54) is 24.1 Å². The third-order valence-electron chi connectivity index (χ3n) is 8.41. The summed E-state index contributed by atoms with van der Waals surface area (Å²) in [5.41, 5.74) is 2.40. The summed E-state index contributed by atoms with van der Waals surface area (Å²) in [6.07, 6.45) is 0.594. The van der Waals surface area contributed by atoms with Gasteiger partial charge in [-0.2, -0.15) is 13.2 Å². The first-order valence-electron chi connectivity index (χ1n) is 12.7. The van der Waals surface area contributed by atoms with Crippen LogP contribution < -0.4 is 9.88 Å². The first-order valence-corrected chi connectivity index (χ1v) is 14.3. The van der Waals surface area contributed by atoms with Gasteiger partial charge in [0.05, 0.1) is 16.9 Å². The minimum Gasteiger partial charge on any atom is -0.494 e. The van der Waals surface area contributed by atoms with Crippen molar-refractivity contribution in [3.63, 3.8) is 0 Å². The van der Waals surface area contributed by atoms with Gasteiger partial charge in [0.2, 0.25) is 10.0 Å². The third-order valence-corrected chi connectivity index (χ3v) is 10.2. The van der Waals surface area contributed by atoms with Crippen LogP contribution >= 0.6 is 0 Å². The number of halogens is 3. The Hall–Kier alpha value is -2.10. The Morgan fingerprint density at radius 3 is 2.47 bits per heavy atom. The lowest BCUT2D eigenvalue weighted by Gasteiger charge is -2.39. The fourth-order valence-corrected chi connectivity index (χ4v) is 7.19. The van der Waals surface area contributed by atoms with Gasteiger partial charge in [-0.3, -0.25) is 0 Å². The molecule has 0 amide bonds. The maximum atomic E-state index is 13.3. The molecule has 36 heavy (non-hydrogen) atoms. The Bertz CT molecular complexity index is 1210. The quantitative estimate of drug-likeness (QED) is 0.509. The maximum absolute atomic E-state index is 13.3. The number of nitrogens with zero attached hydrogens (tertiary/aromatic N) is 1. The molecule has 0 spiro atoms. The molecular weight excluding hydrogens is 489 g/mol. The Kier molecular flexibility index (Phi) is 6.85. The van der Waals surface area contributed by atoms with Crippen LogP contribution in [0.4, 0.5) is 13.2 Å². The van der Waals surface area contributed by atoms with Crippen LogP contribution in [0.2, 0.25) is 0 Å². The van der Waals surface area contributed by atoms with Gasteiger partial charge in [-0.15, -0.1) is 0 Å². The zero-order valence-electron chi connectivity index (χ0n) is 20.3. The molecule has 2 atom stereocenters. The summed E-state index contributed by atoms with van der Waals surface area (Å²) < 4.78 is 69.1. The van der Waals surface area contributed by atoms with Crippen molar-refractivity contribution < 1.29 is 26.3 Å². The van der Waals surface area contributed by atoms with Gasteiger partial charge < -0.3 is 9.64 Å². The summed E-state index contributed by atoms with van der Waals surface area (Å²) in [5, 5.41) is 5.47. The van der Waals surface area contributed by atoms with Crippen LogP contribution in [0.25, 0.3) is 0 Å². The second-order valence-corrected chi connectivity index (χ2v) is 12.6. The van der Waals surface area contributed by atoms with Crippen LogP contribution in [0.15, 0.2) is 42.5 Å². The highest BCUT2D eigenvalue weighted by Crippen LogP contribution is 2.44. The zero-order chi connectivity index (χ0) is 25.6. The molecular formula is C27H33F3N2O3S. The molecule has 2 aromatic rings. The summed E-state index contributed by atoms with van der Waals surface area (Å²) in [5.74, 6) is 1.08. The predicted octanol–water partition coefficient (Wildman–Crippen LogP) is 4.89. The van der Waals surface area contributed by atoms with Crippen LogP contribution in [-0.2, 0) is 29.0 Å². The monoisotopic (exact) mass is 522 g/mol. The first kappa shape index (κ1) is 25.5. The van der Waals surface area contributed by atoms with E-state index in [-0.39, 0.29) is 12.5 Å². The lowest BCUT2D eigenvalue weighted by Crippen LogP contribution is -2.49. The number of benzene rings is 2. The Morgan fingerprint density at radius 1 is 1.08 bits per heavy atom. The van der Waals surface area contributed by atoms with Crippen molar-refractivity contribution in [3.05, 3.63) is 64.7 Å². The van der Waals surface area contributed by atoms with Crippen LogP contribution in [0.5, 0.6) is 5.75 Å². The molecule has 1 heterocycles. The number of primary sulfonamides is 1. The lowest BCUT2D eigenvalue weighted by atomic mass is 9.82. The smallest absolute Gasteiger partial charge is 0.416 e. The normalized spacial score (nSPS) is 23.6. The highest BCUT2D eigenvalue weighted by molar-refractivity contribution is 7.90. The Labute approximate surface area is 210 Å². The van der Waals surface area contributed by atoms with E-state index in [9.17, 15) is 21.6 Å². The minimum atomic E-state index is -4.36. The Balaban J connectivity index is 1.34. The molecule has 5 nitrogen and oxygen atoms in total. The van der Waals surface area contributed by atoms with Gasteiger partial charge in [0.25, 0.3) is 0 Å². The molecule has 0 aromatic heterocycles. The molecule has 1 aliphatic heterocycles. The van der Waals surface area contributed by atoms with Crippen LogP contribution in [0, 0.1) is 5.92 Å². The van der Waals surface area contributed by atoms with E-state index >= 15 is 0 Å². The molecule has 1 saturated carbocycles. The molecule has 196 valence electrons. The van der Waals surface area contributed by atoms with Crippen molar-refractivity contribution in [1.29, 1.82) is 0 Å². The number of alkyl halides is 3. The van der Waals surface area contributed by atoms with Crippen LogP contribution in [0.3, 0.4) is 0 Å². The number of ether oxygens (including phenoxy) is 1. The molecule has 2 aliphatic carbocycles. The first-order chi connectivity index (χ1) is 17.0. The number of hydrogen-bond acceptors (Lipinski definition) is 4. The predicted molar refractivity (Wildman–Crippen MR) is 132 cm³/mol. The third kappa shape index (κ3) is 5.15. The molecule has 2 N–H and O–H groups in total. The van der Waals surface area contributed by atoms with Crippen molar-refractivity contribution in [3.8, 4) is 5.75 Å². The molecule has 0 bridgehead atoms. The largest absolute Gasteiger partial charge is 0.494 e. The molecule has 0 radical (unpaired) electrons. The SMILES string of the molecule is NS(=O)(=O)C1(CCOc2ccc3c(c2)C(Cc2cccc(C(F)(F)F)c2)C(CN2CCC2)C3)CCC1. The number of likely N-dealkylation sites (tertiary alicyclic amines) is 1. The van der Waals surface area contributed by atoms with Crippen molar-refractivity contribution in [1.82, 2.24) is 4.90 Å². The highest BCUT2D eigenvalue weighted by atomic mass is 32.2. The molecule has 5 rings (SSSR count). The van der Waals surface area contributed by atoms with Crippen molar-refractivity contribution in [2.45, 2.75) is 61.8 Å². The summed E-state index contributed by atoms with van der Waals surface area (Å²) in [6.45, 7) is 3.34.